The first kappa shape index (κ1) is 23.7. The topological polar surface area (TPSA) is 20.2 Å². The molecule has 0 spiro atoms. The van der Waals surface area contributed by atoms with Gasteiger partial charge in [0.05, 0.1) is 5.56 Å². The molecule has 0 radical (unpaired) electrons. The Balaban J connectivity index is 3.08. The van der Waals surface area contributed by atoms with Gasteiger partial charge in [-0.05, 0) is 6.07 Å². The maximum atomic E-state index is 14.2. The summed E-state index contributed by atoms with van der Waals surface area (Å²) in [5.74, 6) is -24.0. The van der Waals surface area contributed by atoms with Crippen LogP contribution in [0.5, 0.6) is 0 Å². The maximum absolute atomic E-state index is 14.2. The highest BCUT2D eigenvalue weighted by Crippen LogP contribution is 2.53. The van der Waals surface area contributed by atoms with Gasteiger partial charge in [0.1, 0.15) is 0 Å². The van der Waals surface area contributed by atoms with Gasteiger partial charge >= 0.3 is 18.0 Å². The largest absolute Gasteiger partial charge is 0.435 e. The van der Waals surface area contributed by atoms with Crippen molar-refractivity contribution >= 4 is 0 Å². The maximum Gasteiger partial charge on any atom is 0.435 e. The van der Waals surface area contributed by atoms with E-state index in [1.54, 1.807) is 0 Å². The number of rotatable bonds is 3. The summed E-state index contributed by atoms with van der Waals surface area (Å²) in [6.45, 7) is 0. The molecule has 2 aromatic rings. The second-order valence-corrected chi connectivity index (χ2v) is 5.56. The van der Waals surface area contributed by atoms with E-state index in [1.807, 2.05) is 0 Å². The minimum absolute atomic E-state index is 1.11. The summed E-state index contributed by atoms with van der Waals surface area (Å²) in [4.78, 5) is 0. The normalized spacial score (nSPS) is 14.8. The van der Waals surface area contributed by atoms with E-state index in [-0.39, 0.29) is 0 Å². The SMILES string of the molecule is OC(F)(F)C(F)(c1cc(-c2c(F)c(F)c(F)c(F)c2F)c(F)c(F)c1F)C(F)(F)F. The lowest BCUT2D eigenvalue weighted by molar-refractivity contribution is -0.376. The molecule has 0 aliphatic rings. The molecule has 0 amide bonds. The van der Waals surface area contributed by atoms with Gasteiger partial charge in [-0.3, -0.25) is 0 Å². The van der Waals surface area contributed by atoms with Crippen LogP contribution in [0.1, 0.15) is 5.56 Å². The average Bonchev–Trinajstić information content (AvgIpc) is 2.62. The summed E-state index contributed by atoms with van der Waals surface area (Å²) in [6.07, 6.45) is -13.5. The Kier molecular flexibility index (Phi) is 5.52. The highest BCUT2D eigenvalue weighted by molar-refractivity contribution is 5.68. The van der Waals surface area contributed by atoms with Crippen molar-refractivity contribution in [2.75, 3.05) is 0 Å². The second-order valence-electron chi connectivity index (χ2n) is 5.56. The summed E-state index contributed by atoms with van der Waals surface area (Å²) in [5, 5.41) is 8.28. The minimum atomic E-state index is -6.95. The first-order valence-corrected chi connectivity index (χ1v) is 6.95. The van der Waals surface area contributed by atoms with Crippen molar-refractivity contribution in [1.82, 2.24) is 0 Å². The standard InChI is InChI=1S/C15H2F14O/c16-5-2(4-7(18)10(21)12(23)11(22)8(4)19)1-3(6(17)9(5)20)13(24,14(25,26)27)15(28,29)30/h1,30H. The predicted octanol–water partition coefficient (Wildman–Crippen LogP) is 5.78. The minimum Gasteiger partial charge on any atom is -0.333 e. The molecular formula is C15H2F14O. The molecule has 1 unspecified atom stereocenters. The molecule has 0 saturated carbocycles. The van der Waals surface area contributed by atoms with Gasteiger partial charge in [0.2, 0.25) is 5.82 Å². The van der Waals surface area contributed by atoms with Gasteiger partial charge in [-0.2, -0.15) is 22.0 Å². The Labute approximate surface area is 155 Å². The van der Waals surface area contributed by atoms with Crippen LogP contribution in [0, 0.1) is 46.5 Å². The Morgan fingerprint density at radius 3 is 1.27 bits per heavy atom. The molecule has 1 atom stereocenters. The van der Waals surface area contributed by atoms with Crippen molar-refractivity contribution < 1.29 is 66.6 Å². The van der Waals surface area contributed by atoms with Gasteiger partial charge in [0.25, 0.3) is 0 Å². The van der Waals surface area contributed by atoms with E-state index in [4.69, 9.17) is 5.11 Å². The summed E-state index contributed by atoms with van der Waals surface area (Å²) >= 11 is 0. The Bertz CT molecular complexity index is 977. The smallest absolute Gasteiger partial charge is 0.333 e. The molecule has 2 rings (SSSR count). The van der Waals surface area contributed by atoms with Crippen LogP contribution in [0.2, 0.25) is 0 Å². The number of alkyl halides is 6. The lowest BCUT2D eigenvalue weighted by atomic mass is 9.89. The molecule has 166 valence electrons. The first-order valence-electron chi connectivity index (χ1n) is 6.95. The van der Waals surface area contributed by atoms with Crippen molar-refractivity contribution in [2.45, 2.75) is 18.0 Å². The molecule has 0 aliphatic carbocycles. The Morgan fingerprint density at radius 1 is 0.533 bits per heavy atom. The van der Waals surface area contributed by atoms with E-state index < -0.39 is 87.2 Å². The third-order valence-corrected chi connectivity index (χ3v) is 3.80. The fourth-order valence-electron chi connectivity index (χ4n) is 2.36. The molecule has 30 heavy (non-hydrogen) atoms. The number of aliphatic hydroxyl groups is 1. The fraction of sp³-hybridized carbons (Fsp3) is 0.200. The quantitative estimate of drug-likeness (QED) is 0.347. The van der Waals surface area contributed by atoms with Crippen molar-refractivity contribution in [2.24, 2.45) is 0 Å². The van der Waals surface area contributed by atoms with Gasteiger partial charge in [0.15, 0.2) is 40.7 Å². The predicted molar refractivity (Wildman–Crippen MR) is 67.5 cm³/mol. The van der Waals surface area contributed by atoms with Gasteiger partial charge in [0, 0.05) is 11.1 Å². The Morgan fingerprint density at radius 2 is 0.900 bits per heavy atom. The summed E-state index contributed by atoms with van der Waals surface area (Å²) in [7, 11) is 0. The van der Waals surface area contributed by atoms with E-state index in [2.05, 4.69) is 0 Å². The molecular weight excluding hydrogens is 462 g/mol. The lowest BCUT2D eigenvalue weighted by Gasteiger charge is -2.32. The van der Waals surface area contributed by atoms with E-state index in [0.717, 1.165) is 0 Å². The zero-order valence-electron chi connectivity index (χ0n) is 13.3. The molecule has 0 aliphatic heterocycles. The molecule has 0 saturated heterocycles. The Hall–Kier alpha value is -2.58. The highest BCUT2D eigenvalue weighted by Gasteiger charge is 2.73. The fourth-order valence-corrected chi connectivity index (χ4v) is 2.36. The summed E-state index contributed by atoms with van der Waals surface area (Å²) in [6, 6.07) is -1.11. The van der Waals surface area contributed by atoms with Gasteiger partial charge < -0.3 is 5.11 Å². The lowest BCUT2D eigenvalue weighted by Crippen LogP contribution is -2.53. The highest BCUT2D eigenvalue weighted by atomic mass is 19.4. The van der Waals surface area contributed by atoms with E-state index in [0.29, 0.717) is 0 Å². The first-order chi connectivity index (χ1) is 13.4. The van der Waals surface area contributed by atoms with Crippen LogP contribution in [0.4, 0.5) is 61.5 Å². The zero-order valence-corrected chi connectivity index (χ0v) is 13.3. The van der Waals surface area contributed by atoms with Gasteiger partial charge in [-0.15, -0.1) is 0 Å². The molecule has 1 N–H and O–H groups in total. The van der Waals surface area contributed by atoms with Gasteiger partial charge in [-0.1, -0.05) is 0 Å². The van der Waals surface area contributed by atoms with Crippen molar-refractivity contribution in [3.8, 4) is 11.1 Å². The van der Waals surface area contributed by atoms with Gasteiger partial charge in [-0.25, -0.2) is 39.5 Å². The second kappa shape index (κ2) is 6.99. The molecule has 2 aromatic carbocycles. The van der Waals surface area contributed by atoms with Crippen LogP contribution in [0.3, 0.4) is 0 Å². The van der Waals surface area contributed by atoms with Crippen LogP contribution < -0.4 is 0 Å². The van der Waals surface area contributed by atoms with Crippen LogP contribution in [-0.2, 0) is 5.67 Å². The monoisotopic (exact) mass is 464 g/mol. The zero-order chi connectivity index (χ0) is 23.6. The van der Waals surface area contributed by atoms with Crippen molar-refractivity contribution in [3.63, 3.8) is 0 Å². The van der Waals surface area contributed by atoms with Crippen LogP contribution in [0.15, 0.2) is 6.07 Å². The van der Waals surface area contributed by atoms with E-state index in [9.17, 15) is 61.5 Å². The number of halogens is 14. The van der Waals surface area contributed by atoms with Crippen LogP contribution in [0.25, 0.3) is 11.1 Å². The third kappa shape index (κ3) is 3.15. The molecule has 15 heteroatoms. The van der Waals surface area contributed by atoms with Crippen molar-refractivity contribution in [1.29, 1.82) is 0 Å². The molecule has 0 heterocycles. The van der Waals surface area contributed by atoms with Crippen LogP contribution >= 0.6 is 0 Å². The molecule has 1 nitrogen and oxygen atoms in total. The number of benzene rings is 2. The molecule has 0 fully saturated rings. The third-order valence-electron chi connectivity index (χ3n) is 3.80. The van der Waals surface area contributed by atoms with Crippen molar-refractivity contribution in [3.05, 3.63) is 58.2 Å². The average molecular weight is 464 g/mol. The van der Waals surface area contributed by atoms with E-state index >= 15 is 0 Å². The van der Waals surface area contributed by atoms with Crippen LogP contribution in [-0.4, -0.2) is 17.4 Å². The summed E-state index contributed by atoms with van der Waals surface area (Å²) < 4.78 is 187. The number of hydrogen-bond acceptors (Lipinski definition) is 1. The van der Waals surface area contributed by atoms with E-state index in [1.165, 1.54) is 0 Å². The summed E-state index contributed by atoms with van der Waals surface area (Å²) in [5.41, 5.74) is -14.7. The molecule has 0 bridgehead atoms. The number of hydrogen-bond donors (Lipinski definition) is 1. The molecule has 0 aromatic heterocycles.